The molecule has 0 bridgehead atoms. The Labute approximate surface area is 154 Å². The van der Waals surface area contributed by atoms with E-state index in [1.807, 2.05) is 0 Å². The summed E-state index contributed by atoms with van der Waals surface area (Å²) >= 11 is 0. The quantitative estimate of drug-likeness (QED) is 0.262. The van der Waals surface area contributed by atoms with Crippen molar-refractivity contribution in [2.24, 2.45) is 0 Å². The molecule has 0 aromatic carbocycles. The van der Waals surface area contributed by atoms with Gasteiger partial charge in [-0.1, -0.05) is 0 Å². The number of aliphatic hydroxyl groups excluding tert-OH is 5. The number of nitrogens with one attached hydrogen (secondary N) is 1. The van der Waals surface area contributed by atoms with E-state index in [0.29, 0.717) is 0 Å². The molecule has 0 spiro atoms. The molecule has 0 aliphatic carbocycles. The van der Waals surface area contributed by atoms with Crippen LogP contribution < -0.4 is 5.32 Å². The second-order valence-corrected chi connectivity index (χ2v) is 6.45. The van der Waals surface area contributed by atoms with E-state index in [1.165, 1.54) is 14.0 Å². The Morgan fingerprint density at radius 1 is 1.04 bits per heavy atom. The largest absolute Gasteiger partial charge is 0.394 e. The van der Waals surface area contributed by atoms with Gasteiger partial charge in [0.15, 0.2) is 12.6 Å². The Morgan fingerprint density at radius 3 is 2.19 bits per heavy atom. The fourth-order valence-corrected chi connectivity index (χ4v) is 3.14. The highest BCUT2D eigenvalue weighted by molar-refractivity contribution is 5.73. The summed E-state index contributed by atoms with van der Waals surface area (Å²) < 4.78 is 34.1. The number of ether oxygens (including phenoxy) is 4. The molecule has 27 heavy (non-hydrogen) atoms. The highest BCUT2D eigenvalue weighted by atomic mass is 19.1. The predicted octanol–water partition coefficient (Wildman–Crippen LogP) is -3.62. The van der Waals surface area contributed by atoms with Crippen molar-refractivity contribution in [3.05, 3.63) is 0 Å². The van der Waals surface area contributed by atoms with Crippen molar-refractivity contribution in [2.75, 3.05) is 20.4 Å². The standard InChI is InChI=1S/C15H26FNO10/c1-5(19)17-8-10(21)13(7(4-18)26-14(8)24-2)27-15-12(23)11(22)9(20)6(3-16)25-15/h6-15,18,20-23H,3-4H2,1-2H3,(H,17,19)/t6-,7-,8-,9+,10-,11+,12-,13-,14-,15+/m1/s1. The van der Waals surface area contributed by atoms with Crippen LogP contribution in [0.25, 0.3) is 0 Å². The van der Waals surface area contributed by atoms with Crippen LogP contribution in [0.2, 0.25) is 0 Å². The van der Waals surface area contributed by atoms with Crippen molar-refractivity contribution >= 4 is 5.91 Å². The third-order valence-corrected chi connectivity index (χ3v) is 4.57. The number of hydrogen-bond acceptors (Lipinski definition) is 10. The molecule has 2 saturated heterocycles. The van der Waals surface area contributed by atoms with Gasteiger partial charge in [0.1, 0.15) is 55.4 Å². The van der Waals surface area contributed by atoms with Gasteiger partial charge in [0.05, 0.1) is 6.61 Å². The van der Waals surface area contributed by atoms with E-state index in [9.17, 15) is 34.7 Å². The summed E-state index contributed by atoms with van der Waals surface area (Å²) in [5.74, 6) is -0.490. The highest BCUT2D eigenvalue weighted by Crippen LogP contribution is 2.29. The summed E-state index contributed by atoms with van der Waals surface area (Å²) in [4.78, 5) is 11.4. The fraction of sp³-hybridized carbons (Fsp3) is 0.933. The third-order valence-electron chi connectivity index (χ3n) is 4.57. The molecular weight excluding hydrogens is 373 g/mol. The highest BCUT2D eigenvalue weighted by Gasteiger charge is 2.51. The first-order chi connectivity index (χ1) is 12.7. The van der Waals surface area contributed by atoms with Crippen LogP contribution >= 0.6 is 0 Å². The van der Waals surface area contributed by atoms with Crippen molar-refractivity contribution < 1.29 is 53.7 Å². The van der Waals surface area contributed by atoms with Crippen LogP contribution in [0.5, 0.6) is 0 Å². The number of aliphatic hydroxyl groups is 5. The predicted molar refractivity (Wildman–Crippen MR) is 83.9 cm³/mol. The van der Waals surface area contributed by atoms with Gasteiger partial charge in [-0.2, -0.15) is 0 Å². The third kappa shape index (κ3) is 4.72. The zero-order valence-corrected chi connectivity index (χ0v) is 14.8. The number of amides is 1. The second-order valence-electron chi connectivity index (χ2n) is 6.45. The van der Waals surface area contributed by atoms with Gasteiger partial charge in [0.2, 0.25) is 5.91 Å². The molecule has 0 saturated carbocycles. The lowest BCUT2D eigenvalue weighted by Gasteiger charge is -2.46. The summed E-state index contributed by atoms with van der Waals surface area (Å²) in [6.07, 6.45) is -13.3. The molecule has 2 aliphatic rings. The average Bonchev–Trinajstić information content (AvgIpc) is 2.64. The van der Waals surface area contributed by atoms with Gasteiger partial charge in [0, 0.05) is 14.0 Å². The molecule has 0 aromatic heterocycles. The van der Waals surface area contributed by atoms with Crippen LogP contribution in [0.15, 0.2) is 0 Å². The minimum atomic E-state index is -1.76. The van der Waals surface area contributed by atoms with Crippen LogP contribution in [0.3, 0.4) is 0 Å². The van der Waals surface area contributed by atoms with Gasteiger partial charge < -0.3 is 49.8 Å². The molecule has 0 aromatic rings. The normalized spacial score (nSPS) is 45.5. The molecule has 11 nitrogen and oxygen atoms in total. The van der Waals surface area contributed by atoms with E-state index >= 15 is 0 Å². The minimum Gasteiger partial charge on any atom is -0.394 e. The van der Waals surface area contributed by atoms with Crippen LogP contribution in [-0.2, 0) is 23.7 Å². The SMILES string of the molecule is CO[C@@H]1O[C@H](CO)[C@@H](O[C@@H]2O[C@H](CF)[C@H](O)[C@H](O)[C@H]2O)[C@H](O)[C@H]1NC(C)=O. The molecule has 158 valence electrons. The lowest BCUT2D eigenvalue weighted by molar-refractivity contribution is -0.345. The number of carbonyl (C=O) groups excluding carboxylic acids is 1. The molecule has 0 radical (unpaired) electrons. The Bertz CT molecular complexity index is 497. The van der Waals surface area contributed by atoms with E-state index in [-0.39, 0.29) is 0 Å². The van der Waals surface area contributed by atoms with E-state index < -0.39 is 80.5 Å². The number of methoxy groups -OCH3 is 1. The molecule has 0 unspecified atom stereocenters. The molecule has 2 rings (SSSR count). The van der Waals surface area contributed by atoms with Crippen LogP contribution in [0.1, 0.15) is 6.92 Å². The first-order valence-corrected chi connectivity index (χ1v) is 8.40. The summed E-state index contributed by atoms with van der Waals surface area (Å²) in [5.41, 5.74) is 0. The Hall–Kier alpha value is -0.960. The van der Waals surface area contributed by atoms with Gasteiger partial charge in [-0.15, -0.1) is 0 Å². The van der Waals surface area contributed by atoms with Gasteiger partial charge in [-0.25, -0.2) is 4.39 Å². The number of rotatable bonds is 6. The molecule has 2 fully saturated rings. The van der Waals surface area contributed by atoms with Crippen molar-refractivity contribution in [3.63, 3.8) is 0 Å². The maximum absolute atomic E-state index is 13.0. The number of halogens is 1. The number of hydrogen-bond donors (Lipinski definition) is 6. The number of alkyl halides is 1. The Balaban J connectivity index is 2.19. The van der Waals surface area contributed by atoms with Crippen molar-refractivity contribution in [2.45, 2.75) is 68.3 Å². The summed E-state index contributed by atoms with van der Waals surface area (Å²) in [6, 6.07) is -1.08. The van der Waals surface area contributed by atoms with Crippen molar-refractivity contribution in [3.8, 4) is 0 Å². The Kier molecular flexibility index (Phi) is 7.85. The maximum Gasteiger partial charge on any atom is 0.217 e. The monoisotopic (exact) mass is 399 g/mol. The molecule has 2 heterocycles. The molecule has 12 heteroatoms. The fourth-order valence-electron chi connectivity index (χ4n) is 3.14. The van der Waals surface area contributed by atoms with Gasteiger partial charge in [-0.3, -0.25) is 4.79 Å². The average molecular weight is 399 g/mol. The van der Waals surface area contributed by atoms with Crippen molar-refractivity contribution in [1.82, 2.24) is 5.32 Å². The topological polar surface area (TPSA) is 167 Å². The van der Waals surface area contributed by atoms with E-state index in [2.05, 4.69) is 5.32 Å². The van der Waals surface area contributed by atoms with Crippen LogP contribution in [-0.4, -0.2) is 113 Å². The molecule has 10 atom stereocenters. The summed E-state index contributed by atoms with van der Waals surface area (Å²) in [5, 5.41) is 52.1. The first-order valence-electron chi connectivity index (χ1n) is 8.40. The van der Waals surface area contributed by atoms with Gasteiger partial charge in [0.25, 0.3) is 0 Å². The van der Waals surface area contributed by atoms with Gasteiger partial charge >= 0.3 is 0 Å². The first kappa shape index (κ1) is 22.3. The lowest BCUT2D eigenvalue weighted by atomic mass is 9.95. The Morgan fingerprint density at radius 2 is 1.67 bits per heavy atom. The second kappa shape index (κ2) is 9.49. The minimum absolute atomic E-state index is 0.490. The van der Waals surface area contributed by atoms with E-state index in [4.69, 9.17) is 18.9 Å². The smallest absolute Gasteiger partial charge is 0.217 e. The van der Waals surface area contributed by atoms with Crippen LogP contribution in [0.4, 0.5) is 4.39 Å². The lowest BCUT2D eigenvalue weighted by Crippen LogP contribution is -2.67. The zero-order chi connectivity index (χ0) is 20.3. The van der Waals surface area contributed by atoms with E-state index in [0.717, 1.165) is 0 Å². The molecule has 6 N–H and O–H groups in total. The van der Waals surface area contributed by atoms with Crippen LogP contribution in [0, 0.1) is 0 Å². The number of carbonyl (C=O) groups is 1. The summed E-state index contributed by atoms with van der Waals surface area (Å²) in [6.45, 7) is -0.557. The maximum atomic E-state index is 13.0. The molecule has 2 aliphatic heterocycles. The summed E-state index contributed by atoms with van der Waals surface area (Å²) in [7, 11) is 1.28. The van der Waals surface area contributed by atoms with Crippen molar-refractivity contribution in [1.29, 1.82) is 0 Å². The van der Waals surface area contributed by atoms with E-state index in [1.54, 1.807) is 0 Å². The molecular formula is C15H26FNO10. The van der Waals surface area contributed by atoms with Gasteiger partial charge in [-0.05, 0) is 0 Å². The molecule has 1 amide bonds. The zero-order valence-electron chi connectivity index (χ0n) is 14.8.